The van der Waals surface area contributed by atoms with E-state index in [1.807, 2.05) is 30.5 Å². The summed E-state index contributed by atoms with van der Waals surface area (Å²) in [4.78, 5) is 11.7. The highest BCUT2D eigenvalue weighted by Gasteiger charge is 2.23. The molecule has 0 atom stereocenters. The first-order valence-electron chi connectivity index (χ1n) is 9.41. The molecule has 0 aliphatic carbocycles. The highest BCUT2D eigenvalue weighted by atomic mass is 35.5. The third-order valence-electron chi connectivity index (χ3n) is 4.93. The van der Waals surface area contributed by atoms with Crippen molar-refractivity contribution in [3.63, 3.8) is 0 Å². The van der Waals surface area contributed by atoms with Crippen LogP contribution in [0.15, 0.2) is 40.9 Å². The smallest absolute Gasteiger partial charge is 0.134 e. The zero-order valence-electron chi connectivity index (χ0n) is 16.3. The lowest BCUT2D eigenvalue weighted by atomic mass is 9.95. The van der Waals surface area contributed by atoms with Gasteiger partial charge in [-0.15, -0.1) is 0 Å². The normalized spacial score (nSPS) is 14.9. The zero-order chi connectivity index (χ0) is 19.9. The molecular weight excluding hydrogens is 393 g/mol. The maximum atomic E-state index is 6.12. The minimum absolute atomic E-state index is 0.0265. The number of nitrogens with zero attached hydrogens (tertiary/aromatic N) is 3. The van der Waals surface area contributed by atoms with E-state index >= 15 is 0 Å². The summed E-state index contributed by atoms with van der Waals surface area (Å²) in [6.07, 6.45) is 2.92. The topological polar surface area (TPSA) is 42.2 Å². The molecule has 0 radical (unpaired) electrons. The molecule has 1 aliphatic heterocycles. The lowest BCUT2D eigenvalue weighted by molar-refractivity contribution is 0.223. The monoisotopic (exact) mass is 415 g/mol. The maximum Gasteiger partial charge on any atom is 0.134 e. The molecule has 3 heterocycles. The molecule has 0 bridgehead atoms. The number of halogens is 2. The van der Waals surface area contributed by atoms with Gasteiger partial charge in [-0.2, -0.15) is 0 Å². The number of rotatable bonds is 3. The van der Waals surface area contributed by atoms with E-state index in [-0.39, 0.29) is 5.41 Å². The lowest BCUT2D eigenvalue weighted by Gasteiger charge is -2.28. The Kier molecular flexibility index (Phi) is 5.21. The Morgan fingerprint density at radius 2 is 1.93 bits per heavy atom. The van der Waals surface area contributed by atoms with Gasteiger partial charge in [0.2, 0.25) is 0 Å². The molecule has 0 fully saturated rings. The van der Waals surface area contributed by atoms with E-state index in [1.54, 1.807) is 6.07 Å². The summed E-state index contributed by atoms with van der Waals surface area (Å²) in [6.45, 7) is 8.98. The Balaban J connectivity index is 1.46. The molecule has 0 spiro atoms. The quantitative estimate of drug-likeness (QED) is 0.533. The number of aromatic nitrogens is 2. The molecule has 4 rings (SSSR count). The van der Waals surface area contributed by atoms with Crippen molar-refractivity contribution < 1.29 is 4.42 Å². The third kappa shape index (κ3) is 4.09. The highest BCUT2D eigenvalue weighted by Crippen LogP contribution is 2.30. The summed E-state index contributed by atoms with van der Waals surface area (Å²) in [5.74, 6) is 2.64. The predicted molar refractivity (Wildman–Crippen MR) is 113 cm³/mol. The van der Waals surface area contributed by atoms with Crippen LogP contribution < -0.4 is 0 Å². The van der Waals surface area contributed by atoms with Crippen LogP contribution in [0.2, 0.25) is 10.0 Å². The van der Waals surface area contributed by atoms with Crippen LogP contribution >= 0.6 is 23.2 Å². The summed E-state index contributed by atoms with van der Waals surface area (Å²) in [6, 6.07) is 9.53. The number of hydrogen-bond acceptors (Lipinski definition) is 4. The van der Waals surface area contributed by atoms with Crippen LogP contribution in [-0.4, -0.2) is 21.4 Å². The fourth-order valence-electron chi connectivity index (χ4n) is 3.36. The van der Waals surface area contributed by atoms with E-state index in [2.05, 4.69) is 30.7 Å². The molecule has 6 heteroatoms. The minimum Gasteiger partial charge on any atom is -0.460 e. The number of furan rings is 1. The summed E-state index contributed by atoms with van der Waals surface area (Å²) in [5.41, 5.74) is 3.27. The Hall–Kier alpha value is -1.88. The molecule has 28 heavy (non-hydrogen) atoms. The molecular formula is C22H23Cl2N3O. The average Bonchev–Trinajstić information content (AvgIpc) is 3.11. The standard InChI is InChI=1S/C22H23Cl2N3O/c1-22(2,3)21-25-11-15-12-27(9-8-19(15)26-21)13-16-5-7-20(28-16)14-4-6-17(23)18(24)10-14/h4-7,10-11H,8-9,12-13H2,1-3H3. The molecule has 0 saturated carbocycles. The number of fused-ring (bicyclic) bond motifs is 1. The van der Waals surface area contributed by atoms with E-state index in [4.69, 9.17) is 32.6 Å². The van der Waals surface area contributed by atoms with Gasteiger partial charge < -0.3 is 4.42 Å². The third-order valence-corrected chi connectivity index (χ3v) is 5.67. The predicted octanol–water partition coefficient (Wildman–Crippen LogP) is 5.90. The van der Waals surface area contributed by atoms with Crippen molar-refractivity contribution in [3.05, 3.63) is 69.4 Å². The van der Waals surface area contributed by atoms with Gasteiger partial charge in [-0.05, 0) is 30.3 Å². The zero-order valence-corrected chi connectivity index (χ0v) is 17.8. The van der Waals surface area contributed by atoms with Crippen LogP contribution in [0.1, 0.15) is 43.6 Å². The Morgan fingerprint density at radius 3 is 2.68 bits per heavy atom. The van der Waals surface area contributed by atoms with Crippen molar-refractivity contribution in [2.75, 3.05) is 6.54 Å². The SMILES string of the molecule is CC(C)(C)c1ncc2c(n1)CCN(Cc1ccc(-c3ccc(Cl)c(Cl)c3)o1)C2. The van der Waals surface area contributed by atoms with E-state index in [0.29, 0.717) is 10.0 Å². The molecule has 146 valence electrons. The highest BCUT2D eigenvalue weighted by molar-refractivity contribution is 6.42. The van der Waals surface area contributed by atoms with Crippen LogP contribution in [0.5, 0.6) is 0 Å². The Bertz CT molecular complexity index is 1010. The first-order chi connectivity index (χ1) is 13.3. The molecule has 0 saturated heterocycles. The van der Waals surface area contributed by atoms with Gasteiger partial charge in [0.15, 0.2) is 0 Å². The van der Waals surface area contributed by atoms with Gasteiger partial charge in [0.1, 0.15) is 17.3 Å². The van der Waals surface area contributed by atoms with Crippen molar-refractivity contribution in [2.45, 2.75) is 45.7 Å². The molecule has 0 amide bonds. The van der Waals surface area contributed by atoms with E-state index in [0.717, 1.165) is 49.0 Å². The van der Waals surface area contributed by atoms with Gasteiger partial charge in [0, 0.05) is 47.9 Å². The number of benzene rings is 1. The van der Waals surface area contributed by atoms with Crippen LogP contribution in [0.25, 0.3) is 11.3 Å². The molecule has 0 N–H and O–H groups in total. The first-order valence-corrected chi connectivity index (χ1v) is 10.2. The molecule has 1 aromatic carbocycles. The summed E-state index contributed by atoms with van der Waals surface area (Å²) in [7, 11) is 0. The molecule has 0 unspecified atom stereocenters. The minimum atomic E-state index is -0.0265. The van der Waals surface area contributed by atoms with Crippen molar-refractivity contribution >= 4 is 23.2 Å². The second-order valence-electron chi connectivity index (χ2n) is 8.27. The van der Waals surface area contributed by atoms with Gasteiger partial charge in [-0.1, -0.05) is 44.0 Å². The first kappa shape index (κ1) is 19.4. The molecule has 1 aliphatic rings. The summed E-state index contributed by atoms with van der Waals surface area (Å²) >= 11 is 12.1. The van der Waals surface area contributed by atoms with E-state index in [1.165, 1.54) is 11.3 Å². The number of hydrogen-bond donors (Lipinski definition) is 0. The van der Waals surface area contributed by atoms with Gasteiger partial charge >= 0.3 is 0 Å². The van der Waals surface area contributed by atoms with E-state index in [9.17, 15) is 0 Å². The molecule has 2 aromatic heterocycles. The largest absolute Gasteiger partial charge is 0.460 e. The van der Waals surface area contributed by atoms with Gasteiger partial charge in [0.05, 0.1) is 16.6 Å². The van der Waals surface area contributed by atoms with Gasteiger partial charge in [-0.25, -0.2) is 9.97 Å². The van der Waals surface area contributed by atoms with Crippen molar-refractivity contribution in [1.82, 2.24) is 14.9 Å². The Labute approximate surface area is 175 Å². The van der Waals surface area contributed by atoms with Gasteiger partial charge in [-0.3, -0.25) is 4.90 Å². The van der Waals surface area contributed by atoms with Crippen molar-refractivity contribution in [2.24, 2.45) is 0 Å². The fraction of sp³-hybridized carbons (Fsp3) is 0.364. The second kappa shape index (κ2) is 7.51. The van der Waals surface area contributed by atoms with E-state index < -0.39 is 0 Å². The fourth-order valence-corrected chi connectivity index (χ4v) is 3.66. The second-order valence-corrected chi connectivity index (χ2v) is 9.09. The van der Waals surface area contributed by atoms with Crippen LogP contribution in [0, 0.1) is 0 Å². The van der Waals surface area contributed by atoms with Crippen LogP contribution in [-0.2, 0) is 24.9 Å². The van der Waals surface area contributed by atoms with Gasteiger partial charge in [0.25, 0.3) is 0 Å². The Morgan fingerprint density at radius 1 is 1.11 bits per heavy atom. The van der Waals surface area contributed by atoms with Crippen LogP contribution in [0.3, 0.4) is 0 Å². The molecule has 4 nitrogen and oxygen atoms in total. The molecule has 3 aromatic rings. The average molecular weight is 416 g/mol. The lowest BCUT2D eigenvalue weighted by Crippen LogP contribution is -2.31. The summed E-state index contributed by atoms with van der Waals surface area (Å²) < 4.78 is 6.04. The summed E-state index contributed by atoms with van der Waals surface area (Å²) in [5, 5.41) is 1.07. The van der Waals surface area contributed by atoms with Crippen LogP contribution in [0.4, 0.5) is 0 Å². The van der Waals surface area contributed by atoms with Crippen molar-refractivity contribution in [3.8, 4) is 11.3 Å². The van der Waals surface area contributed by atoms with Crippen molar-refractivity contribution in [1.29, 1.82) is 0 Å². The maximum absolute atomic E-state index is 6.12.